The van der Waals surface area contributed by atoms with Gasteiger partial charge in [-0.1, -0.05) is 12.1 Å². The molecule has 1 aromatic carbocycles. The second-order valence-corrected chi connectivity index (χ2v) is 4.47. The molecule has 0 fully saturated rings. The Bertz CT molecular complexity index is 496. The Morgan fingerprint density at radius 3 is 2.88 bits per heavy atom. The van der Waals surface area contributed by atoms with Crippen LogP contribution in [0.15, 0.2) is 39.8 Å². The standard InChI is InChI=1S/C12H12FNOS/c1-8-11(5-6-15-8)16-7-9-3-2-4-10(14)12(9)13/h2-6H,7,14H2,1H3. The lowest BCUT2D eigenvalue weighted by Crippen LogP contribution is -1.94. The molecule has 1 aromatic heterocycles. The summed E-state index contributed by atoms with van der Waals surface area (Å²) >= 11 is 1.54. The van der Waals surface area contributed by atoms with Crippen LogP contribution >= 0.6 is 11.8 Å². The molecule has 0 aliphatic heterocycles. The molecule has 0 amide bonds. The van der Waals surface area contributed by atoms with Gasteiger partial charge in [-0.15, -0.1) is 11.8 Å². The first-order chi connectivity index (χ1) is 7.68. The zero-order valence-corrected chi connectivity index (χ0v) is 9.68. The van der Waals surface area contributed by atoms with Gasteiger partial charge in [0, 0.05) is 16.2 Å². The molecule has 0 aliphatic carbocycles. The molecule has 84 valence electrons. The van der Waals surface area contributed by atoms with Gasteiger partial charge in [0.15, 0.2) is 0 Å². The average molecular weight is 237 g/mol. The van der Waals surface area contributed by atoms with Crippen molar-refractivity contribution in [3.05, 3.63) is 47.7 Å². The number of aryl methyl sites for hydroxylation is 1. The largest absolute Gasteiger partial charge is 0.468 e. The van der Waals surface area contributed by atoms with Crippen molar-refractivity contribution in [1.82, 2.24) is 0 Å². The number of hydrogen-bond acceptors (Lipinski definition) is 3. The Morgan fingerprint density at radius 1 is 1.38 bits per heavy atom. The number of nitrogen functional groups attached to an aromatic ring is 1. The molecule has 0 unspecified atom stereocenters. The lowest BCUT2D eigenvalue weighted by molar-refractivity contribution is 0.527. The Kier molecular flexibility index (Phi) is 3.19. The molecule has 0 radical (unpaired) electrons. The molecule has 1 heterocycles. The topological polar surface area (TPSA) is 39.2 Å². The van der Waals surface area contributed by atoms with Gasteiger partial charge in [0.1, 0.15) is 11.6 Å². The third-order valence-corrected chi connectivity index (χ3v) is 3.49. The van der Waals surface area contributed by atoms with Crippen molar-refractivity contribution in [2.75, 3.05) is 5.73 Å². The Labute approximate surface area is 97.6 Å². The smallest absolute Gasteiger partial charge is 0.150 e. The number of rotatable bonds is 3. The number of anilines is 1. The number of halogens is 1. The summed E-state index contributed by atoms with van der Waals surface area (Å²) in [5.41, 5.74) is 6.31. The first-order valence-corrected chi connectivity index (χ1v) is 5.87. The van der Waals surface area contributed by atoms with E-state index in [4.69, 9.17) is 10.2 Å². The molecule has 0 saturated heterocycles. The summed E-state index contributed by atoms with van der Waals surface area (Å²) in [6, 6.07) is 6.95. The van der Waals surface area contributed by atoms with Crippen molar-refractivity contribution in [1.29, 1.82) is 0 Å². The van der Waals surface area contributed by atoms with E-state index in [0.29, 0.717) is 11.3 Å². The van der Waals surface area contributed by atoms with Gasteiger partial charge in [0.2, 0.25) is 0 Å². The van der Waals surface area contributed by atoms with Crippen LogP contribution in [-0.2, 0) is 5.75 Å². The third-order valence-electron chi connectivity index (χ3n) is 2.30. The maximum Gasteiger partial charge on any atom is 0.150 e. The van der Waals surface area contributed by atoms with E-state index in [-0.39, 0.29) is 11.5 Å². The van der Waals surface area contributed by atoms with Gasteiger partial charge in [0.05, 0.1) is 12.0 Å². The van der Waals surface area contributed by atoms with Crippen LogP contribution in [0, 0.1) is 12.7 Å². The van der Waals surface area contributed by atoms with Crippen molar-refractivity contribution < 1.29 is 8.81 Å². The molecule has 2 N–H and O–H groups in total. The van der Waals surface area contributed by atoms with E-state index in [1.54, 1.807) is 36.2 Å². The number of benzene rings is 1. The second-order valence-electron chi connectivity index (χ2n) is 3.45. The van der Waals surface area contributed by atoms with Crippen LogP contribution < -0.4 is 5.73 Å². The highest BCUT2D eigenvalue weighted by atomic mass is 32.2. The van der Waals surface area contributed by atoms with Gasteiger partial charge in [-0.05, 0) is 19.1 Å². The number of nitrogens with two attached hydrogens (primary N) is 1. The molecule has 4 heteroatoms. The summed E-state index contributed by atoms with van der Waals surface area (Å²) in [5.74, 6) is 1.09. The molecule has 16 heavy (non-hydrogen) atoms. The van der Waals surface area contributed by atoms with Crippen molar-refractivity contribution in [2.24, 2.45) is 0 Å². The molecule has 2 rings (SSSR count). The lowest BCUT2D eigenvalue weighted by atomic mass is 10.2. The van der Waals surface area contributed by atoms with Crippen molar-refractivity contribution in [3.8, 4) is 0 Å². The van der Waals surface area contributed by atoms with Gasteiger partial charge in [0.25, 0.3) is 0 Å². The monoisotopic (exact) mass is 237 g/mol. The minimum atomic E-state index is -0.323. The van der Waals surface area contributed by atoms with E-state index in [0.717, 1.165) is 10.7 Å². The third kappa shape index (κ3) is 2.22. The van der Waals surface area contributed by atoms with Crippen LogP contribution in [0.3, 0.4) is 0 Å². The molecule has 0 atom stereocenters. The zero-order chi connectivity index (χ0) is 11.5. The summed E-state index contributed by atoms with van der Waals surface area (Å²) in [6.45, 7) is 1.89. The lowest BCUT2D eigenvalue weighted by Gasteiger charge is -2.04. The molecular formula is C12H12FNOS. The molecule has 2 aromatic rings. The maximum absolute atomic E-state index is 13.6. The maximum atomic E-state index is 13.6. The summed E-state index contributed by atoms with van der Waals surface area (Å²) < 4.78 is 18.7. The Morgan fingerprint density at radius 2 is 2.19 bits per heavy atom. The van der Waals surface area contributed by atoms with Crippen LogP contribution in [0.5, 0.6) is 0 Å². The van der Waals surface area contributed by atoms with Gasteiger partial charge < -0.3 is 10.2 Å². The van der Waals surface area contributed by atoms with Crippen LogP contribution in [0.1, 0.15) is 11.3 Å². The van der Waals surface area contributed by atoms with Gasteiger partial charge in [-0.3, -0.25) is 0 Å². The van der Waals surface area contributed by atoms with E-state index in [1.807, 2.05) is 13.0 Å². The summed E-state index contributed by atoms with van der Waals surface area (Å²) in [5, 5.41) is 0. The molecule has 0 bridgehead atoms. The quantitative estimate of drug-likeness (QED) is 0.654. The predicted molar refractivity (Wildman–Crippen MR) is 63.8 cm³/mol. The van der Waals surface area contributed by atoms with Gasteiger partial charge in [-0.2, -0.15) is 0 Å². The van der Waals surface area contributed by atoms with Crippen LogP contribution in [0.25, 0.3) is 0 Å². The highest BCUT2D eigenvalue weighted by molar-refractivity contribution is 7.98. The van der Waals surface area contributed by atoms with E-state index >= 15 is 0 Å². The first kappa shape index (κ1) is 11.1. The van der Waals surface area contributed by atoms with E-state index in [2.05, 4.69) is 0 Å². The van der Waals surface area contributed by atoms with Crippen molar-refractivity contribution in [3.63, 3.8) is 0 Å². The zero-order valence-electron chi connectivity index (χ0n) is 8.87. The predicted octanol–water partition coefficient (Wildman–Crippen LogP) is 3.60. The summed E-state index contributed by atoms with van der Waals surface area (Å²) in [6.07, 6.45) is 1.63. The molecule has 0 aliphatic rings. The average Bonchev–Trinajstić information content (AvgIpc) is 2.67. The van der Waals surface area contributed by atoms with Crippen molar-refractivity contribution in [2.45, 2.75) is 17.6 Å². The van der Waals surface area contributed by atoms with Crippen LogP contribution in [0.2, 0.25) is 0 Å². The van der Waals surface area contributed by atoms with Crippen molar-refractivity contribution >= 4 is 17.4 Å². The number of furan rings is 1. The fourth-order valence-electron chi connectivity index (χ4n) is 1.39. The molecular weight excluding hydrogens is 225 g/mol. The molecule has 2 nitrogen and oxygen atoms in total. The summed E-state index contributed by atoms with van der Waals surface area (Å²) in [4.78, 5) is 1.03. The van der Waals surface area contributed by atoms with E-state index in [9.17, 15) is 4.39 Å². The normalized spacial score (nSPS) is 10.6. The molecule has 0 saturated carbocycles. The minimum absolute atomic E-state index is 0.196. The highest BCUT2D eigenvalue weighted by Gasteiger charge is 2.07. The Hall–Kier alpha value is -1.42. The van der Waals surface area contributed by atoms with Crippen LogP contribution in [-0.4, -0.2) is 0 Å². The summed E-state index contributed by atoms with van der Waals surface area (Å²) in [7, 11) is 0. The fourth-order valence-corrected chi connectivity index (χ4v) is 2.33. The number of hydrogen-bond donors (Lipinski definition) is 1. The van der Waals surface area contributed by atoms with Crippen LogP contribution in [0.4, 0.5) is 10.1 Å². The SMILES string of the molecule is Cc1occc1SCc1cccc(N)c1F. The van der Waals surface area contributed by atoms with Gasteiger partial charge >= 0.3 is 0 Å². The molecule has 0 spiro atoms. The van der Waals surface area contributed by atoms with Gasteiger partial charge in [-0.25, -0.2) is 4.39 Å². The highest BCUT2D eigenvalue weighted by Crippen LogP contribution is 2.28. The first-order valence-electron chi connectivity index (χ1n) is 4.88. The second kappa shape index (κ2) is 4.61. The Balaban J connectivity index is 2.11. The van der Waals surface area contributed by atoms with E-state index in [1.165, 1.54) is 0 Å². The minimum Gasteiger partial charge on any atom is -0.468 e. The number of thioether (sulfide) groups is 1. The fraction of sp³-hybridized carbons (Fsp3) is 0.167. The van der Waals surface area contributed by atoms with E-state index < -0.39 is 0 Å².